The Morgan fingerprint density at radius 3 is 2.32 bits per heavy atom. The zero-order chi connectivity index (χ0) is 27.0. The van der Waals surface area contributed by atoms with Crippen LogP contribution in [0, 0.1) is 29.3 Å². The number of hydrogen-bond donors (Lipinski definition) is 2. The predicted molar refractivity (Wildman–Crippen MR) is 130 cm³/mol. The Bertz CT molecular complexity index is 1250. The average molecular weight is 562 g/mol. The second-order valence-electron chi connectivity index (χ2n) is 9.50. The van der Waals surface area contributed by atoms with Crippen molar-refractivity contribution in [1.29, 1.82) is 0 Å². The number of aliphatic hydroxyl groups is 1. The number of carbonyl (C=O) groups is 1. The van der Waals surface area contributed by atoms with Gasteiger partial charge in [-0.15, -0.1) is 0 Å². The lowest BCUT2D eigenvalue weighted by Crippen LogP contribution is -2.51. The van der Waals surface area contributed by atoms with E-state index in [1.54, 1.807) is 7.11 Å². The van der Waals surface area contributed by atoms with Crippen LogP contribution in [0.5, 0.6) is 0 Å². The minimum Gasteiger partial charge on any atom is -0.387 e. The summed E-state index contributed by atoms with van der Waals surface area (Å²) >= 11 is 6.23. The number of ether oxygens (including phenoxy) is 2. The van der Waals surface area contributed by atoms with E-state index in [0.717, 1.165) is 6.07 Å². The van der Waals surface area contributed by atoms with Crippen molar-refractivity contribution in [1.82, 2.24) is 0 Å². The Balaban J connectivity index is 1.53. The summed E-state index contributed by atoms with van der Waals surface area (Å²) in [5.41, 5.74) is -1.57. The summed E-state index contributed by atoms with van der Waals surface area (Å²) in [5.74, 6) is -6.04. The van der Waals surface area contributed by atoms with E-state index >= 15 is 0 Å². The van der Waals surface area contributed by atoms with Gasteiger partial charge in [-0.25, -0.2) is 21.6 Å². The predicted octanol–water partition coefficient (Wildman–Crippen LogP) is 4.37. The van der Waals surface area contributed by atoms with Gasteiger partial charge in [0.2, 0.25) is 0 Å². The maximum atomic E-state index is 13.6. The molecule has 2 saturated carbocycles. The average Bonchev–Trinajstić information content (AvgIpc) is 3.00. The molecule has 0 spiro atoms. The van der Waals surface area contributed by atoms with Gasteiger partial charge in [0.15, 0.2) is 27.3 Å². The van der Waals surface area contributed by atoms with E-state index in [1.807, 2.05) is 0 Å². The first-order valence-electron chi connectivity index (χ1n) is 11.8. The minimum atomic E-state index is -4.00. The van der Waals surface area contributed by atoms with Crippen LogP contribution >= 0.6 is 11.6 Å². The summed E-state index contributed by atoms with van der Waals surface area (Å²) in [6.07, 6.45) is 1.76. The lowest BCUT2D eigenvalue weighted by atomic mass is 9.75. The molecule has 2 aliphatic carbocycles. The number of methoxy groups -OCH3 is 1. The molecule has 2 aliphatic rings. The van der Waals surface area contributed by atoms with E-state index in [-0.39, 0.29) is 52.5 Å². The molecule has 2 N–H and O–H groups in total. The maximum Gasteiger partial charge on any atom is 0.255 e. The number of hydrogen-bond acceptors (Lipinski definition) is 6. The molecule has 0 aliphatic heterocycles. The van der Waals surface area contributed by atoms with Gasteiger partial charge < -0.3 is 19.9 Å². The van der Waals surface area contributed by atoms with Crippen molar-refractivity contribution in [2.45, 2.75) is 41.4 Å². The van der Waals surface area contributed by atoms with Crippen molar-refractivity contribution in [3.63, 3.8) is 0 Å². The largest absolute Gasteiger partial charge is 0.387 e. The third-order valence-corrected chi connectivity index (χ3v) is 9.97. The van der Waals surface area contributed by atoms with Crippen LogP contribution in [-0.4, -0.2) is 57.2 Å². The van der Waals surface area contributed by atoms with Crippen LogP contribution in [-0.2, 0) is 19.3 Å². The van der Waals surface area contributed by atoms with Gasteiger partial charge in [0.05, 0.1) is 40.6 Å². The number of amides is 1. The smallest absolute Gasteiger partial charge is 0.255 e. The highest BCUT2D eigenvalue weighted by molar-refractivity contribution is 7.92. The van der Waals surface area contributed by atoms with E-state index in [2.05, 4.69) is 5.32 Å². The topological polar surface area (TPSA) is 102 Å². The highest BCUT2D eigenvalue weighted by atomic mass is 35.5. The molecule has 0 heterocycles. The summed E-state index contributed by atoms with van der Waals surface area (Å²) in [7, 11) is -2.45. The molecule has 2 atom stereocenters. The fraction of sp³-hybridized carbons (Fsp3) is 0.480. The van der Waals surface area contributed by atoms with Gasteiger partial charge in [-0.2, -0.15) is 0 Å². The fourth-order valence-corrected chi connectivity index (χ4v) is 7.75. The van der Waals surface area contributed by atoms with Gasteiger partial charge in [0.25, 0.3) is 5.91 Å². The van der Waals surface area contributed by atoms with Crippen LogP contribution < -0.4 is 5.32 Å². The van der Waals surface area contributed by atoms with Crippen molar-refractivity contribution < 1.29 is 41.0 Å². The quantitative estimate of drug-likeness (QED) is 0.348. The third kappa shape index (κ3) is 5.51. The number of nitrogens with one attached hydrogen (secondary N) is 1. The number of fused-ring (bicyclic) bond motifs is 2. The van der Waals surface area contributed by atoms with Crippen LogP contribution in [0.3, 0.4) is 0 Å². The molecule has 202 valence electrons. The third-order valence-electron chi connectivity index (χ3n) is 7.32. The van der Waals surface area contributed by atoms with Crippen molar-refractivity contribution in [3.8, 4) is 0 Å². The molecule has 12 heteroatoms. The zero-order valence-corrected chi connectivity index (χ0v) is 21.5. The lowest BCUT2D eigenvalue weighted by Gasteiger charge is -2.42. The molecule has 37 heavy (non-hydrogen) atoms. The van der Waals surface area contributed by atoms with Crippen LogP contribution in [0.15, 0.2) is 35.2 Å². The molecule has 2 aromatic carbocycles. The van der Waals surface area contributed by atoms with Crippen LogP contribution in [0.4, 0.5) is 18.9 Å². The van der Waals surface area contributed by atoms with E-state index in [4.69, 9.17) is 21.1 Å². The second kappa shape index (κ2) is 10.9. The molecule has 2 bridgehead atoms. The van der Waals surface area contributed by atoms with Crippen molar-refractivity contribution in [2.24, 2.45) is 11.8 Å². The second-order valence-corrected chi connectivity index (χ2v) is 12.1. The Hall–Kier alpha value is -2.18. The van der Waals surface area contributed by atoms with E-state index < -0.39 is 44.0 Å². The minimum absolute atomic E-state index is 0.0773. The zero-order valence-electron chi connectivity index (χ0n) is 20.0. The number of rotatable bonds is 9. The summed E-state index contributed by atoms with van der Waals surface area (Å²) in [6, 6.07) is 4.86. The molecule has 2 fully saturated rings. The standard InChI is InChI=1S/C25H27ClF3NO6S/c1-35-6-7-36-13-25(32)15-3-4-16(25)10-18(9-15)37(33,34)22-8-14(2-5-19(22)26)24(31)30-17-11-20(27)23(29)21(28)12-17/h2,5,8,11-12,15-16,18,32H,3-4,6-7,9-10,13H2,1H3,(H,30,31)/t15?,16?,18-,25-. The highest BCUT2D eigenvalue weighted by Gasteiger charge is 2.55. The molecule has 0 saturated heterocycles. The van der Waals surface area contributed by atoms with E-state index in [0.29, 0.717) is 38.2 Å². The molecular weight excluding hydrogens is 535 g/mol. The number of carbonyl (C=O) groups excluding carboxylic acids is 1. The van der Waals surface area contributed by atoms with Crippen molar-refractivity contribution in [3.05, 3.63) is 58.4 Å². The first-order valence-corrected chi connectivity index (χ1v) is 13.7. The summed E-state index contributed by atoms with van der Waals surface area (Å²) in [6.45, 7) is 0.803. The van der Waals surface area contributed by atoms with Gasteiger partial charge >= 0.3 is 0 Å². The molecule has 1 amide bonds. The van der Waals surface area contributed by atoms with Crippen LogP contribution in [0.25, 0.3) is 0 Å². The summed E-state index contributed by atoms with van der Waals surface area (Å²) in [5, 5.41) is 12.6. The summed E-state index contributed by atoms with van der Waals surface area (Å²) < 4.78 is 78.0. The first kappa shape index (κ1) is 27.8. The van der Waals surface area contributed by atoms with Crippen molar-refractivity contribution >= 4 is 33.0 Å². The Morgan fingerprint density at radius 1 is 1.11 bits per heavy atom. The number of sulfone groups is 1. The van der Waals surface area contributed by atoms with Crippen LogP contribution in [0.1, 0.15) is 36.0 Å². The number of halogens is 4. The Morgan fingerprint density at radius 2 is 1.73 bits per heavy atom. The SMILES string of the molecule is COCCOC[C@]1(O)C2CCC1C[C@@H](S(=O)(=O)c1cc(C(=O)Nc3cc(F)c(F)c(F)c3)ccc1Cl)C2. The Kier molecular flexibility index (Phi) is 8.20. The van der Waals surface area contributed by atoms with Gasteiger partial charge in [-0.05, 0) is 55.7 Å². The molecule has 0 radical (unpaired) electrons. The number of anilines is 1. The Labute approximate surface area is 217 Å². The maximum absolute atomic E-state index is 13.6. The number of benzene rings is 2. The van der Waals surface area contributed by atoms with Gasteiger partial charge in [-0.1, -0.05) is 11.6 Å². The lowest BCUT2D eigenvalue weighted by molar-refractivity contribution is -0.117. The monoisotopic (exact) mass is 561 g/mol. The van der Waals surface area contributed by atoms with E-state index in [1.165, 1.54) is 12.1 Å². The fourth-order valence-electron chi connectivity index (χ4n) is 5.35. The molecule has 2 unspecified atom stereocenters. The first-order chi connectivity index (χ1) is 17.5. The van der Waals surface area contributed by atoms with E-state index in [9.17, 15) is 31.5 Å². The molecule has 2 aromatic rings. The van der Waals surface area contributed by atoms with Gasteiger partial charge in [-0.3, -0.25) is 4.79 Å². The molecular formula is C25H27ClF3NO6S. The summed E-state index contributed by atoms with van der Waals surface area (Å²) in [4.78, 5) is 12.4. The van der Waals surface area contributed by atoms with Crippen LogP contribution in [0.2, 0.25) is 5.02 Å². The van der Waals surface area contributed by atoms with Gasteiger partial charge in [0, 0.05) is 30.5 Å². The normalized spacial score (nSPS) is 25.3. The van der Waals surface area contributed by atoms with Crippen molar-refractivity contribution in [2.75, 3.05) is 32.2 Å². The molecule has 4 rings (SSSR count). The highest BCUT2D eigenvalue weighted by Crippen LogP contribution is 2.52. The van der Waals surface area contributed by atoms with Gasteiger partial charge in [0.1, 0.15) is 0 Å². The molecule has 7 nitrogen and oxygen atoms in total. The molecule has 0 aromatic heterocycles.